The Morgan fingerprint density at radius 3 is 1.69 bits per heavy atom. The summed E-state index contributed by atoms with van der Waals surface area (Å²) in [5.74, 6) is -0.273. The molecule has 0 aliphatic carbocycles. The van der Waals surface area contributed by atoms with E-state index in [2.05, 4.69) is 11.4 Å². The van der Waals surface area contributed by atoms with E-state index in [0.717, 1.165) is 19.3 Å². The van der Waals surface area contributed by atoms with Crippen LogP contribution in [0.4, 0.5) is 0 Å². The van der Waals surface area contributed by atoms with Gasteiger partial charge in [-0.15, -0.1) is 0 Å². The molecular formula is C21H42NaO6P. The molecular weight excluding hydrogens is 402 g/mol. The first-order valence-electron chi connectivity index (χ1n) is 11.0. The molecule has 0 amide bonds. The Labute approximate surface area is 200 Å². The maximum atomic E-state index is 11.8. The van der Waals surface area contributed by atoms with Crippen molar-refractivity contribution in [1.29, 1.82) is 0 Å². The van der Waals surface area contributed by atoms with Crippen molar-refractivity contribution in [2.24, 2.45) is 5.41 Å². The molecule has 0 aromatic rings. The predicted molar refractivity (Wildman–Crippen MR) is 111 cm³/mol. The smallest absolute Gasteiger partial charge is 0.756 e. The Morgan fingerprint density at radius 1 is 0.862 bits per heavy atom. The van der Waals surface area contributed by atoms with Crippen molar-refractivity contribution < 1.29 is 58.0 Å². The van der Waals surface area contributed by atoms with Gasteiger partial charge in [-0.25, -0.2) is 0 Å². The number of phosphoric ester groups is 1. The molecule has 0 saturated carbocycles. The van der Waals surface area contributed by atoms with Crippen LogP contribution >= 0.6 is 7.82 Å². The fraction of sp³-hybridized carbons (Fsp3) is 0.952. The van der Waals surface area contributed by atoms with Crippen molar-refractivity contribution in [1.82, 2.24) is 0 Å². The molecule has 0 radical (unpaired) electrons. The predicted octanol–water partition coefficient (Wildman–Crippen LogP) is 2.52. The quantitative estimate of drug-likeness (QED) is 0.142. The van der Waals surface area contributed by atoms with Crippen LogP contribution in [0, 0.1) is 5.41 Å². The summed E-state index contributed by atoms with van der Waals surface area (Å²) >= 11 is 0. The molecule has 0 heterocycles. The first-order chi connectivity index (χ1) is 13.2. The SMILES string of the molecule is CCCCCCCCCCCCCCCC(=O)OCC(C)(C)COP(=O)([O-])O.[Na+]. The van der Waals surface area contributed by atoms with E-state index in [0.29, 0.717) is 6.42 Å². The van der Waals surface area contributed by atoms with Gasteiger partial charge in [-0.1, -0.05) is 97.8 Å². The first-order valence-corrected chi connectivity index (χ1v) is 12.5. The summed E-state index contributed by atoms with van der Waals surface area (Å²) in [6.45, 7) is 5.50. The van der Waals surface area contributed by atoms with Gasteiger partial charge in [0.1, 0.15) is 0 Å². The van der Waals surface area contributed by atoms with E-state index < -0.39 is 13.2 Å². The number of carbonyl (C=O) groups excluding carboxylic acids is 1. The van der Waals surface area contributed by atoms with Gasteiger partial charge in [0.25, 0.3) is 7.82 Å². The minimum Gasteiger partial charge on any atom is -0.756 e. The molecule has 1 unspecified atom stereocenters. The normalized spacial score (nSPS) is 13.6. The Kier molecular flexibility index (Phi) is 21.1. The van der Waals surface area contributed by atoms with Crippen LogP contribution in [0.3, 0.4) is 0 Å². The maximum absolute atomic E-state index is 11.8. The largest absolute Gasteiger partial charge is 1.00 e. The number of hydrogen-bond donors (Lipinski definition) is 1. The van der Waals surface area contributed by atoms with E-state index >= 15 is 0 Å². The summed E-state index contributed by atoms with van der Waals surface area (Å²) in [5, 5.41) is 0. The second kappa shape index (κ2) is 19.3. The van der Waals surface area contributed by atoms with Crippen molar-refractivity contribution in [2.45, 2.75) is 111 Å². The molecule has 0 fully saturated rings. The van der Waals surface area contributed by atoms with Crippen molar-refractivity contribution in [3.05, 3.63) is 0 Å². The van der Waals surface area contributed by atoms with Crippen LogP contribution in [0.1, 0.15) is 111 Å². The van der Waals surface area contributed by atoms with Crippen LogP contribution in [0.2, 0.25) is 0 Å². The van der Waals surface area contributed by atoms with E-state index in [1.54, 1.807) is 13.8 Å². The molecule has 0 bridgehead atoms. The zero-order valence-electron chi connectivity index (χ0n) is 19.2. The Hall–Kier alpha value is 0.580. The van der Waals surface area contributed by atoms with E-state index in [9.17, 15) is 14.3 Å². The minimum absolute atomic E-state index is 0. The van der Waals surface area contributed by atoms with Crippen LogP contribution < -0.4 is 34.5 Å². The third-order valence-corrected chi connectivity index (χ3v) is 5.18. The molecule has 0 spiro atoms. The fourth-order valence-electron chi connectivity index (χ4n) is 2.93. The van der Waals surface area contributed by atoms with E-state index in [-0.39, 0.29) is 48.7 Å². The van der Waals surface area contributed by atoms with Crippen molar-refractivity contribution in [3.8, 4) is 0 Å². The Balaban J connectivity index is 0. The molecule has 0 aromatic heterocycles. The Bertz CT molecular complexity index is 439. The van der Waals surface area contributed by atoms with Crippen LogP contribution in [0.15, 0.2) is 0 Å². The summed E-state index contributed by atoms with van der Waals surface area (Å²) in [6.07, 6.45) is 16.7. The molecule has 29 heavy (non-hydrogen) atoms. The fourth-order valence-corrected chi connectivity index (χ4v) is 3.45. The van der Waals surface area contributed by atoms with Crippen LogP contribution in [-0.4, -0.2) is 24.1 Å². The van der Waals surface area contributed by atoms with Gasteiger partial charge in [0, 0.05) is 11.8 Å². The molecule has 1 N–H and O–H groups in total. The van der Waals surface area contributed by atoms with E-state index in [4.69, 9.17) is 9.63 Å². The number of phosphoric acid groups is 1. The van der Waals surface area contributed by atoms with E-state index in [1.807, 2.05) is 0 Å². The Morgan fingerprint density at radius 2 is 1.28 bits per heavy atom. The zero-order valence-corrected chi connectivity index (χ0v) is 22.1. The number of hydrogen-bond acceptors (Lipinski definition) is 5. The molecule has 0 saturated heterocycles. The van der Waals surface area contributed by atoms with Crippen molar-refractivity contribution >= 4 is 13.8 Å². The van der Waals surface area contributed by atoms with Gasteiger partial charge < -0.3 is 19.0 Å². The standard InChI is InChI=1S/C21H43O6P.Na/c1-4-5-6-7-8-9-10-11-12-13-14-15-16-17-20(22)26-18-21(2,3)19-27-28(23,24)25;/h4-19H2,1-3H3,(H2,23,24,25);/q;+1/p-1. The monoisotopic (exact) mass is 444 g/mol. The first kappa shape index (κ1) is 31.8. The second-order valence-corrected chi connectivity index (χ2v) is 9.75. The van der Waals surface area contributed by atoms with Crippen LogP contribution in [0.25, 0.3) is 0 Å². The van der Waals surface area contributed by atoms with Crippen LogP contribution in [0.5, 0.6) is 0 Å². The summed E-state index contributed by atoms with van der Waals surface area (Å²) in [5.41, 5.74) is -0.672. The number of esters is 1. The molecule has 168 valence electrons. The molecule has 6 nitrogen and oxygen atoms in total. The molecule has 0 aliphatic rings. The topological polar surface area (TPSA) is 95.9 Å². The average Bonchev–Trinajstić information content (AvgIpc) is 2.62. The summed E-state index contributed by atoms with van der Waals surface area (Å²) in [6, 6.07) is 0. The van der Waals surface area contributed by atoms with Gasteiger partial charge in [0.2, 0.25) is 0 Å². The number of ether oxygens (including phenoxy) is 1. The van der Waals surface area contributed by atoms with Crippen molar-refractivity contribution in [2.75, 3.05) is 13.2 Å². The van der Waals surface area contributed by atoms with Gasteiger partial charge in [0.15, 0.2) is 0 Å². The molecule has 0 aromatic carbocycles. The van der Waals surface area contributed by atoms with Gasteiger partial charge in [0.05, 0.1) is 13.2 Å². The summed E-state index contributed by atoms with van der Waals surface area (Å²) in [7, 11) is -4.74. The van der Waals surface area contributed by atoms with Gasteiger partial charge in [-0.3, -0.25) is 9.36 Å². The third kappa shape index (κ3) is 24.7. The van der Waals surface area contributed by atoms with Gasteiger partial charge in [-0.2, -0.15) is 0 Å². The third-order valence-electron chi connectivity index (χ3n) is 4.73. The summed E-state index contributed by atoms with van der Waals surface area (Å²) < 4.78 is 20.2. The summed E-state index contributed by atoms with van der Waals surface area (Å²) in [4.78, 5) is 31.0. The molecule has 8 heteroatoms. The maximum Gasteiger partial charge on any atom is 1.00 e. The average molecular weight is 445 g/mol. The molecule has 0 rings (SSSR count). The van der Waals surface area contributed by atoms with Crippen LogP contribution in [-0.2, 0) is 18.6 Å². The van der Waals surface area contributed by atoms with Gasteiger partial charge >= 0.3 is 35.5 Å². The number of carbonyl (C=O) groups is 1. The minimum atomic E-state index is -4.74. The molecule has 1 atom stereocenters. The van der Waals surface area contributed by atoms with Crippen molar-refractivity contribution in [3.63, 3.8) is 0 Å². The second-order valence-electron chi connectivity index (χ2n) is 8.56. The number of unbranched alkanes of at least 4 members (excludes halogenated alkanes) is 12. The van der Waals surface area contributed by atoms with Gasteiger partial charge in [-0.05, 0) is 6.42 Å². The van der Waals surface area contributed by atoms with E-state index in [1.165, 1.54) is 64.2 Å². The number of rotatable bonds is 19. The molecule has 0 aliphatic heterocycles. The zero-order chi connectivity index (χ0) is 21.3.